The smallest absolute Gasteiger partial charge is 0.316 e. The average molecular weight is 336 g/mol. The van der Waals surface area contributed by atoms with Crippen molar-refractivity contribution in [2.75, 3.05) is 12.4 Å². The molecule has 0 aromatic heterocycles. The van der Waals surface area contributed by atoms with Crippen molar-refractivity contribution in [3.63, 3.8) is 0 Å². The molecule has 3 N–H and O–H groups in total. The Hall–Kier alpha value is -3.01. The summed E-state index contributed by atoms with van der Waals surface area (Å²) in [6.07, 6.45) is 5.52. The van der Waals surface area contributed by atoms with Gasteiger partial charge in [0, 0.05) is 11.3 Å². The van der Waals surface area contributed by atoms with Gasteiger partial charge in [-0.05, 0) is 43.0 Å². The molecule has 0 unspecified atom stereocenters. The van der Waals surface area contributed by atoms with Gasteiger partial charge < -0.3 is 15.8 Å². The van der Waals surface area contributed by atoms with Crippen LogP contribution in [-0.4, -0.2) is 13.1 Å². The molecule has 0 fully saturated rings. The van der Waals surface area contributed by atoms with Crippen molar-refractivity contribution >= 4 is 23.9 Å². The fourth-order valence-electron chi connectivity index (χ4n) is 2.54. The third-order valence-electron chi connectivity index (χ3n) is 3.78. The van der Waals surface area contributed by atoms with Crippen LogP contribution in [0.5, 0.6) is 5.75 Å². The first-order valence-corrected chi connectivity index (χ1v) is 8.14. The summed E-state index contributed by atoms with van der Waals surface area (Å²) >= 11 is 0. The summed E-state index contributed by atoms with van der Waals surface area (Å²) in [5.41, 5.74) is 10.00. The maximum atomic E-state index is 11.4. The summed E-state index contributed by atoms with van der Waals surface area (Å²) in [5.74, 6) is 0.722. The minimum Gasteiger partial charge on any atom is -0.496 e. The molecule has 0 aliphatic rings. The lowest BCUT2D eigenvalue weighted by Gasteiger charge is -2.15. The summed E-state index contributed by atoms with van der Waals surface area (Å²) in [4.78, 5) is 11.4. The summed E-state index contributed by atoms with van der Waals surface area (Å²) in [5, 5.41) is 2.71. The van der Waals surface area contributed by atoms with Crippen LogP contribution in [0.1, 0.15) is 30.0 Å². The number of nitrogens with one attached hydrogen (secondary N) is 1. The van der Waals surface area contributed by atoms with Gasteiger partial charge in [0.1, 0.15) is 5.75 Å². The van der Waals surface area contributed by atoms with Gasteiger partial charge in [0.25, 0.3) is 0 Å². The molecule has 0 saturated heterocycles. The average Bonchev–Trinajstić information content (AvgIpc) is 2.58. The molecule has 130 valence electrons. The number of carbonyl (C=O) groups is 1. The van der Waals surface area contributed by atoms with E-state index in [9.17, 15) is 4.79 Å². The Bertz CT molecular complexity index is 780. The predicted molar refractivity (Wildman–Crippen MR) is 105 cm³/mol. The fourth-order valence-corrected chi connectivity index (χ4v) is 2.54. The number of ether oxygens (including phenoxy) is 1. The van der Waals surface area contributed by atoms with E-state index in [4.69, 9.17) is 10.5 Å². The zero-order valence-electron chi connectivity index (χ0n) is 14.7. The third-order valence-corrected chi connectivity index (χ3v) is 3.78. The molecule has 2 rings (SSSR count). The van der Waals surface area contributed by atoms with Gasteiger partial charge in [-0.3, -0.25) is 0 Å². The molecule has 4 heteroatoms. The Morgan fingerprint density at radius 3 is 2.48 bits per heavy atom. The lowest BCUT2D eigenvalue weighted by Crippen LogP contribution is -2.20. The number of methoxy groups -OCH3 is 1. The van der Waals surface area contributed by atoms with Gasteiger partial charge in [-0.2, -0.15) is 0 Å². The molecule has 25 heavy (non-hydrogen) atoms. The van der Waals surface area contributed by atoms with E-state index in [0.717, 1.165) is 40.9 Å². The number of nitrogens with two attached hydrogens (primary N) is 1. The number of benzene rings is 2. The van der Waals surface area contributed by atoms with Gasteiger partial charge in [-0.25, -0.2) is 4.79 Å². The molecule has 0 radical (unpaired) electrons. The predicted octanol–water partition coefficient (Wildman–Crippen LogP) is 4.86. The molecule has 0 bridgehead atoms. The molecule has 0 aliphatic heterocycles. The third kappa shape index (κ3) is 5.53. The Morgan fingerprint density at radius 1 is 1.20 bits per heavy atom. The number of rotatable bonds is 7. The molecular weight excluding hydrogens is 312 g/mol. The number of hydrogen-bond acceptors (Lipinski definition) is 2. The number of carbonyl (C=O) groups excluding carboxylic acids is 1. The van der Waals surface area contributed by atoms with Crippen molar-refractivity contribution in [3.05, 3.63) is 71.3 Å². The monoisotopic (exact) mass is 336 g/mol. The number of anilines is 1. The molecule has 4 nitrogen and oxygen atoms in total. The van der Waals surface area contributed by atoms with Crippen LogP contribution in [0, 0.1) is 0 Å². The number of allylic oxidation sites excluding steroid dienone is 1. The van der Waals surface area contributed by atoms with Crippen LogP contribution in [0.3, 0.4) is 0 Å². The topological polar surface area (TPSA) is 64.3 Å². The second-order valence-corrected chi connectivity index (χ2v) is 5.94. The van der Waals surface area contributed by atoms with E-state index in [1.165, 1.54) is 0 Å². The van der Waals surface area contributed by atoms with E-state index in [-0.39, 0.29) is 0 Å². The quantitative estimate of drug-likeness (QED) is 0.560. The highest BCUT2D eigenvalue weighted by molar-refractivity contribution is 5.90. The van der Waals surface area contributed by atoms with Crippen molar-refractivity contribution in [1.29, 1.82) is 0 Å². The summed E-state index contributed by atoms with van der Waals surface area (Å²) in [6.45, 7) is 5.91. The van der Waals surface area contributed by atoms with Crippen LogP contribution in [0.25, 0.3) is 12.2 Å². The molecule has 2 aromatic carbocycles. The lowest BCUT2D eigenvalue weighted by atomic mass is 10.00. The first-order chi connectivity index (χ1) is 12.0. The Balaban J connectivity index is 2.39. The summed E-state index contributed by atoms with van der Waals surface area (Å²) < 4.78 is 5.54. The van der Waals surface area contributed by atoms with Crippen LogP contribution in [0.2, 0.25) is 0 Å². The van der Waals surface area contributed by atoms with Crippen LogP contribution < -0.4 is 15.8 Å². The van der Waals surface area contributed by atoms with Crippen molar-refractivity contribution in [2.24, 2.45) is 5.73 Å². The minimum absolute atomic E-state index is 0.595. The van der Waals surface area contributed by atoms with Gasteiger partial charge in [0.05, 0.1) is 7.11 Å². The van der Waals surface area contributed by atoms with E-state index in [1.54, 1.807) is 7.11 Å². The maximum Gasteiger partial charge on any atom is 0.316 e. The van der Waals surface area contributed by atoms with Gasteiger partial charge in [0.15, 0.2) is 0 Å². The highest BCUT2D eigenvalue weighted by atomic mass is 16.5. The van der Waals surface area contributed by atoms with Gasteiger partial charge >= 0.3 is 6.03 Å². The largest absolute Gasteiger partial charge is 0.496 e. The Labute approximate surface area is 149 Å². The van der Waals surface area contributed by atoms with Gasteiger partial charge in [0.2, 0.25) is 0 Å². The highest BCUT2D eigenvalue weighted by Gasteiger charge is 2.12. The fraction of sp³-hybridized carbons (Fsp3) is 0.190. The second-order valence-electron chi connectivity index (χ2n) is 5.94. The van der Waals surface area contributed by atoms with Crippen LogP contribution in [0.4, 0.5) is 10.5 Å². The minimum atomic E-state index is -0.595. The second kappa shape index (κ2) is 8.73. The Kier molecular flexibility index (Phi) is 6.40. The van der Waals surface area contributed by atoms with E-state index in [0.29, 0.717) is 5.69 Å². The molecule has 2 amide bonds. The van der Waals surface area contributed by atoms with Crippen molar-refractivity contribution in [3.8, 4) is 5.75 Å². The molecule has 0 spiro atoms. The molecule has 0 heterocycles. The van der Waals surface area contributed by atoms with Gasteiger partial charge in [-0.15, -0.1) is 6.58 Å². The normalized spacial score (nSPS) is 10.6. The molecule has 0 saturated carbocycles. The zero-order chi connectivity index (χ0) is 18.2. The van der Waals surface area contributed by atoms with Crippen molar-refractivity contribution < 1.29 is 9.53 Å². The van der Waals surface area contributed by atoms with Crippen LogP contribution in [0.15, 0.2) is 54.6 Å². The number of primary amides is 1. The van der Waals surface area contributed by atoms with Crippen LogP contribution in [-0.2, 0) is 6.42 Å². The first-order valence-electron chi connectivity index (χ1n) is 8.14. The molecule has 0 aliphatic carbocycles. The number of urea groups is 1. The van der Waals surface area contributed by atoms with E-state index >= 15 is 0 Å². The summed E-state index contributed by atoms with van der Waals surface area (Å²) in [6, 6.07) is 13.3. The Morgan fingerprint density at radius 2 is 1.88 bits per heavy atom. The maximum absolute atomic E-state index is 11.4. The van der Waals surface area contributed by atoms with Crippen molar-refractivity contribution in [2.45, 2.75) is 19.8 Å². The number of hydrogen-bond donors (Lipinski definition) is 2. The number of amides is 2. The molecule has 0 atom stereocenters. The SMILES string of the molecule is C=C(C)CCc1c(NC(N)=O)cc(C=Cc2ccccc2)cc1OC. The molecular formula is C21H24N2O2. The standard InChI is InChI=1S/C21H24N2O2/c1-15(2)9-12-18-19(23-21(22)24)13-17(14-20(18)25-3)11-10-16-7-5-4-6-8-16/h4-8,10-11,13-14H,1,9,12H2,2-3H3,(H3,22,23,24). The highest BCUT2D eigenvalue weighted by Crippen LogP contribution is 2.31. The van der Waals surface area contributed by atoms with Crippen molar-refractivity contribution in [1.82, 2.24) is 0 Å². The first kappa shape index (κ1) is 18.3. The zero-order valence-corrected chi connectivity index (χ0v) is 14.7. The lowest BCUT2D eigenvalue weighted by molar-refractivity contribution is 0.259. The summed E-state index contributed by atoms with van der Waals surface area (Å²) in [7, 11) is 1.62. The van der Waals surface area contributed by atoms with Gasteiger partial charge in [-0.1, -0.05) is 48.1 Å². The molecule has 2 aromatic rings. The van der Waals surface area contributed by atoms with E-state index < -0.39 is 6.03 Å². The van der Waals surface area contributed by atoms with Crippen LogP contribution >= 0.6 is 0 Å². The van der Waals surface area contributed by atoms with E-state index in [2.05, 4.69) is 11.9 Å². The van der Waals surface area contributed by atoms with E-state index in [1.807, 2.05) is 61.5 Å².